The maximum atomic E-state index is 12.3. The highest BCUT2D eigenvalue weighted by Crippen LogP contribution is 2.20. The van der Waals surface area contributed by atoms with Crippen LogP contribution in [-0.4, -0.2) is 26.9 Å². The zero-order chi connectivity index (χ0) is 23.0. The van der Waals surface area contributed by atoms with Gasteiger partial charge in [0.2, 0.25) is 5.91 Å². The third-order valence-electron chi connectivity index (χ3n) is 4.22. The third kappa shape index (κ3) is 6.79. The Morgan fingerprint density at radius 2 is 1.69 bits per heavy atom. The summed E-state index contributed by atoms with van der Waals surface area (Å²) in [4.78, 5) is 23.7. The molecule has 0 fully saturated rings. The molecule has 32 heavy (non-hydrogen) atoms. The Morgan fingerprint density at radius 3 is 2.31 bits per heavy atom. The molecular formula is C23H22N2O5S2. The quantitative estimate of drug-likeness (QED) is 0.359. The Hall–Kier alpha value is -3.43. The van der Waals surface area contributed by atoms with Gasteiger partial charge in [-0.3, -0.25) is 9.52 Å². The first kappa shape index (κ1) is 23.2. The second-order valence-electron chi connectivity index (χ2n) is 6.67. The lowest BCUT2D eigenvalue weighted by Gasteiger charge is -2.08. The zero-order valence-electron chi connectivity index (χ0n) is 17.3. The van der Waals surface area contributed by atoms with E-state index in [4.69, 9.17) is 4.74 Å². The summed E-state index contributed by atoms with van der Waals surface area (Å²) in [6, 6.07) is 16.9. The smallest absolute Gasteiger partial charge is 0.330 e. The van der Waals surface area contributed by atoms with Gasteiger partial charge in [-0.2, -0.15) is 0 Å². The number of carbonyl (C=O) groups is 2. The fourth-order valence-corrected chi connectivity index (χ4v) is 4.79. The van der Waals surface area contributed by atoms with E-state index in [1.807, 2.05) is 0 Å². The number of ether oxygens (including phenoxy) is 1. The van der Waals surface area contributed by atoms with Gasteiger partial charge in [-0.15, -0.1) is 11.3 Å². The number of amides is 1. The van der Waals surface area contributed by atoms with Gasteiger partial charge < -0.3 is 10.1 Å². The zero-order valence-corrected chi connectivity index (χ0v) is 18.9. The summed E-state index contributed by atoms with van der Waals surface area (Å²) in [5, 5.41) is 4.51. The molecule has 3 rings (SSSR count). The first-order valence-corrected chi connectivity index (χ1v) is 12.1. The highest BCUT2D eigenvalue weighted by Gasteiger charge is 2.15. The Morgan fingerprint density at radius 1 is 1.00 bits per heavy atom. The summed E-state index contributed by atoms with van der Waals surface area (Å²) in [5.41, 5.74) is 2.60. The molecule has 1 heterocycles. The van der Waals surface area contributed by atoms with E-state index >= 15 is 0 Å². The highest BCUT2D eigenvalue weighted by molar-refractivity contribution is 7.94. The van der Waals surface area contributed by atoms with Crippen molar-refractivity contribution < 1.29 is 22.7 Å². The van der Waals surface area contributed by atoms with Crippen molar-refractivity contribution in [1.82, 2.24) is 0 Å². The fraction of sp³-hybridized carbons (Fsp3) is 0.130. The fourth-order valence-electron chi connectivity index (χ4n) is 2.74. The molecule has 1 aromatic heterocycles. The summed E-state index contributed by atoms with van der Waals surface area (Å²) in [6.07, 6.45) is 3.13. The van der Waals surface area contributed by atoms with Gasteiger partial charge in [0.15, 0.2) is 0 Å². The molecule has 2 aromatic carbocycles. The molecule has 0 aliphatic heterocycles. The van der Waals surface area contributed by atoms with E-state index in [1.165, 1.54) is 12.1 Å². The lowest BCUT2D eigenvalue weighted by molar-refractivity contribution is -0.137. The second kappa shape index (κ2) is 10.7. The maximum absolute atomic E-state index is 12.3. The summed E-state index contributed by atoms with van der Waals surface area (Å²) in [5.74, 6) is -0.609. The maximum Gasteiger partial charge on any atom is 0.330 e. The average molecular weight is 471 g/mol. The minimum atomic E-state index is -3.60. The van der Waals surface area contributed by atoms with Crippen LogP contribution in [0.3, 0.4) is 0 Å². The number of esters is 1. The van der Waals surface area contributed by atoms with Crippen LogP contribution in [0.15, 0.2) is 76.3 Å². The summed E-state index contributed by atoms with van der Waals surface area (Å²) < 4.78 is 32.1. The number of hydrogen-bond donors (Lipinski definition) is 2. The molecule has 0 aliphatic rings. The van der Waals surface area contributed by atoms with E-state index in [9.17, 15) is 18.0 Å². The van der Waals surface area contributed by atoms with Crippen LogP contribution in [-0.2, 0) is 30.8 Å². The van der Waals surface area contributed by atoms with E-state index in [0.717, 1.165) is 22.5 Å². The SMILES string of the molecule is CCOC(=O)/C=C/c1ccc(NC(=O)Cc2ccc(NS(=O)(=O)c3cccs3)cc2)cc1. The summed E-state index contributed by atoms with van der Waals surface area (Å²) in [6.45, 7) is 2.06. The minimum Gasteiger partial charge on any atom is -0.463 e. The van der Waals surface area contributed by atoms with Crippen molar-refractivity contribution in [2.45, 2.75) is 17.6 Å². The molecule has 0 radical (unpaired) electrons. The molecule has 0 saturated heterocycles. The van der Waals surface area contributed by atoms with E-state index < -0.39 is 16.0 Å². The second-order valence-corrected chi connectivity index (χ2v) is 9.52. The molecule has 0 unspecified atom stereocenters. The molecule has 0 atom stereocenters. The number of benzene rings is 2. The van der Waals surface area contributed by atoms with E-state index in [1.54, 1.807) is 73.0 Å². The first-order valence-electron chi connectivity index (χ1n) is 9.76. The monoisotopic (exact) mass is 470 g/mol. The van der Waals surface area contributed by atoms with Crippen LogP contribution in [0.25, 0.3) is 6.08 Å². The topological polar surface area (TPSA) is 102 Å². The standard InChI is InChI=1S/C23H22N2O5S2/c1-2-30-22(27)14-9-17-5-10-19(11-6-17)24-21(26)16-18-7-12-20(13-8-18)25-32(28,29)23-4-3-15-31-23/h3-15,25H,2,16H2,1H3,(H,24,26)/b14-9+. The number of nitrogens with one attached hydrogen (secondary N) is 2. The van der Waals surface area contributed by atoms with E-state index in [-0.39, 0.29) is 16.5 Å². The first-order chi connectivity index (χ1) is 15.4. The molecule has 9 heteroatoms. The average Bonchev–Trinajstić information content (AvgIpc) is 3.31. The van der Waals surface area contributed by atoms with Gasteiger partial charge in [0.25, 0.3) is 10.0 Å². The van der Waals surface area contributed by atoms with Gasteiger partial charge in [0, 0.05) is 17.5 Å². The predicted molar refractivity (Wildman–Crippen MR) is 126 cm³/mol. The molecular weight excluding hydrogens is 448 g/mol. The lowest BCUT2D eigenvalue weighted by Crippen LogP contribution is -2.14. The lowest BCUT2D eigenvalue weighted by atomic mass is 10.1. The van der Waals surface area contributed by atoms with Crippen LogP contribution in [0, 0.1) is 0 Å². The number of carbonyl (C=O) groups excluding carboxylic acids is 2. The Bertz CT molecular complexity index is 1180. The van der Waals surface area contributed by atoms with E-state index in [2.05, 4.69) is 10.0 Å². The van der Waals surface area contributed by atoms with Gasteiger partial charge in [0.1, 0.15) is 4.21 Å². The number of sulfonamides is 1. The summed E-state index contributed by atoms with van der Waals surface area (Å²) in [7, 11) is -3.60. The van der Waals surface area contributed by atoms with Crippen LogP contribution in [0.2, 0.25) is 0 Å². The van der Waals surface area contributed by atoms with Crippen LogP contribution in [0.5, 0.6) is 0 Å². The Labute approximate surface area is 190 Å². The van der Waals surface area contributed by atoms with Crippen LogP contribution in [0.4, 0.5) is 11.4 Å². The molecule has 0 aliphatic carbocycles. The Balaban J connectivity index is 1.53. The molecule has 166 valence electrons. The van der Waals surface area contributed by atoms with Gasteiger partial charge in [-0.05, 0) is 59.8 Å². The van der Waals surface area contributed by atoms with Crippen LogP contribution < -0.4 is 10.0 Å². The van der Waals surface area contributed by atoms with Crippen molar-refractivity contribution in [3.05, 3.63) is 83.2 Å². The number of hydrogen-bond acceptors (Lipinski definition) is 6. The number of rotatable bonds is 9. The largest absolute Gasteiger partial charge is 0.463 e. The van der Waals surface area contributed by atoms with Crippen LogP contribution in [0.1, 0.15) is 18.1 Å². The van der Waals surface area contributed by atoms with Crippen molar-refractivity contribution in [2.24, 2.45) is 0 Å². The van der Waals surface area contributed by atoms with Crippen molar-refractivity contribution >= 4 is 50.7 Å². The third-order valence-corrected chi connectivity index (χ3v) is 7.00. The van der Waals surface area contributed by atoms with Crippen molar-refractivity contribution in [3.63, 3.8) is 0 Å². The van der Waals surface area contributed by atoms with Gasteiger partial charge in [0.05, 0.1) is 13.0 Å². The van der Waals surface area contributed by atoms with Gasteiger partial charge >= 0.3 is 5.97 Å². The van der Waals surface area contributed by atoms with Crippen molar-refractivity contribution in [3.8, 4) is 0 Å². The molecule has 1 amide bonds. The van der Waals surface area contributed by atoms with Crippen molar-refractivity contribution in [1.29, 1.82) is 0 Å². The number of anilines is 2. The van der Waals surface area contributed by atoms with Crippen LogP contribution >= 0.6 is 11.3 Å². The Kier molecular flexibility index (Phi) is 7.80. The number of thiophene rings is 1. The van der Waals surface area contributed by atoms with Gasteiger partial charge in [-0.25, -0.2) is 13.2 Å². The molecule has 3 aromatic rings. The van der Waals surface area contributed by atoms with Gasteiger partial charge in [-0.1, -0.05) is 30.3 Å². The molecule has 0 saturated carbocycles. The molecule has 2 N–H and O–H groups in total. The summed E-state index contributed by atoms with van der Waals surface area (Å²) >= 11 is 1.14. The highest BCUT2D eigenvalue weighted by atomic mass is 32.2. The molecule has 0 bridgehead atoms. The molecule has 0 spiro atoms. The normalized spacial score (nSPS) is 11.3. The van der Waals surface area contributed by atoms with E-state index in [0.29, 0.717) is 18.0 Å². The molecule has 7 nitrogen and oxygen atoms in total. The minimum absolute atomic E-state index is 0.141. The predicted octanol–water partition coefficient (Wildman–Crippen LogP) is 4.31. The van der Waals surface area contributed by atoms with Crippen molar-refractivity contribution in [2.75, 3.05) is 16.6 Å².